The summed E-state index contributed by atoms with van der Waals surface area (Å²) < 4.78 is 1.95. The van der Waals surface area contributed by atoms with E-state index < -0.39 is 0 Å². The van der Waals surface area contributed by atoms with Gasteiger partial charge >= 0.3 is 93.3 Å². The van der Waals surface area contributed by atoms with Crippen LogP contribution in [0.3, 0.4) is 0 Å². The van der Waals surface area contributed by atoms with Crippen molar-refractivity contribution in [3.63, 3.8) is 0 Å². The number of hydrogen-bond acceptors (Lipinski definition) is 0. The van der Waals surface area contributed by atoms with Crippen LogP contribution >= 0.6 is 0 Å². The second kappa shape index (κ2) is 5.15. The quantitative estimate of drug-likeness (QED) is 0.476. The van der Waals surface area contributed by atoms with E-state index in [4.69, 9.17) is 7.85 Å². The van der Waals surface area contributed by atoms with Gasteiger partial charge in [-0.05, 0) is 0 Å². The van der Waals surface area contributed by atoms with Crippen LogP contribution in [0, 0.1) is 0 Å². The third-order valence-electron chi connectivity index (χ3n) is 2.47. The zero-order chi connectivity index (χ0) is 11.4. The van der Waals surface area contributed by atoms with Crippen LogP contribution in [-0.4, -0.2) is 38.7 Å². The van der Waals surface area contributed by atoms with Crippen LogP contribution in [0.5, 0.6) is 0 Å². The van der Waals surface area contributed by atoms with Crippen LogP contribution in [0.2, 0.25) is 6.32 Å². The van der Waals surface area contributed by atoms with Crippen LogP contribution in [0.15, 0.2) is 0 Å². The Bertz CT molecular complexity index is 497. The zero-order valence-electron chi connectivity index (χ0n) is 9.46. The molecule has 0 N–H and O–H groups in total. The van der Waals surface area contributed by atoms with Crippen LogP contribution in [-0.2, 0) is 7.05 Å². The van der Waals surface area contributed by atoms with Gasteiger partial charge in [0.05, 0.1) is 0 Å². The van der Waals surface area contributed by atoms with Crippen molar-refractivity contribution in [2.24, 2.45) is 7.05 Å². The third-order valence-corrected chi connectivity index (χ3v) is 2.47. The Morgan fingerprint density at radius 2 is 2.20 bits per heavy atom. The van der Waals surface area contributed by atoms with Gasteiger partial charge < -0.3 is 0 Å². The molecule has 1 aromatic rings. The van der Waals surface area contributed by atoms with Crippen molar-refractivity contribution in [3.8, 4) is 0 Å². The molecule has 1 aromatic heterocycles. The molecule has 0 aliphatic carbocycles. The predicted octanol–water partition coefficient (Wildman–Crippen LogP) is -2.28. The van der Waals surface area contributed by atoms with E-state index >= 15 is 0 Å². The number of hydrogen-bond donors (Lipinski definition) is 0. The summed E-state index contributed by atoms with van der Waals surface area (Å²) in [5.74, 6) is 2.01. The predicted molar refractivity (Wildman–Crippen MR) is 74.8 cm³/mol. The standard InChI is InChI=1S/C11H14B3N/c1-5-14-7-6-9-8(2)15(4)11(13-3)10(9)12/h6-7H,2-3,5H2,1,4H3. The molecular weight excluding hydrogens is 179 g/mol. The van der Waals surface area contributed by atoms with Crippen molar-refractivity contribution in [1.82, 2.24) is 4.57 Å². The summed E-state index contributed by atoms with van der Waals surface area (Å²) in [5.41, 5.74) is 1.68. The summed E-state index contributed by atoms with van der Waals surface area (Å²) in [7, 11) is 7.94. The summed E-state index contributed by atoms with van der Waals surface area (Å²) in [6.45, 7) is 13.7. The van der Waals surface area contributed by atoms with Gasteiger partial charge in [0, 0.05) is 0 Å². The van der Waals surface area contributed by atoms with E-state index in [9.17, 15) is 0 Å². The Hall–Kier alpha value is -1.05. The van der Waals surface area contributed by atoms with Gasteiger partial charge in [-0.2, -0.15) is 0 Å². The molecule has 1 nitrogen and oxygen atoms in total. The fourth-order valence-electron chi connectivity index (χ4n) is 1.53. The van der Waals surface area contributed by atoms with E-state index in [2.05, 4.69) is 26.9 Å². The molecule has 1 rings (SSSR count). The van der Waals surface area contributed by atoms with Crippen molar-refractivity contribution in [2.45, 2.75) is 13.2 Å². The van der Waals surface area contributed by atoms with Crippen LogP contribution < -0.4 is 21.6 Å². The van der Waals surface area contributed by atoms with Crippen molar-refractivity contribution in [3.05, 3.63) is 10.6 Å². The summed E-state index contributed by atoms with van der Waals surface area (Å²) in [5, 5.41) is 1.90. The topological polar surface area (TPSA) is 4.93 Å². The van der Waals surface area contributed by atoms with E-state index in [1.807, 2.05) is 23.7 Å². The molecule has 0 aliphatic rings. The molecule has 72 valence electrons. The van der Waals surface area contributed by atoms with E-state index in [0.717, 1.165) is 27.9 Å². The molecule has 2 radical (unpaired) electrons. The summed E-state index contributed by atoms with van der Waals surface area (Å²) in [6, 6.07) is 0. The van der Waals surface area contributed by atoms with Gasteiger partial charge in [-0.1, -0.05) is 0 Å². The van der Waals surface area contributed by atoms with E-state index in [1.54, 1.807) is 6.92 Å². The Balaban J connectivity index is 3.44. The normalized spacial score (nSPS) is 11.7. The average molecular weight is 193 g/mol. The van der Waals surface area contributed by atoms with Gasteiger partial charge in [0.2, 0.25) is 0 Å². The Morgan fingerprint density at radius 1 is 1.53 bits per heavy atom. The molecule has 15 heavy (non-hydrogen) atoms. The van der Waals surface area contributed by atoms with Gasteiger partial charge in [-0.25, -0.2) is 0 Å². The van der Waals surface area contributed by atoms with E-state index in [-0.39, 0.29) is 0 Å². The second-order valence-corrected chi connectivity index (χ2v) is 3.43. The van der Waals surface area contributed by atoms with Gasteiger partial charge in [0.15, 0.2) is 0 Å². The number of aromatic nitrogens is 1. The summed E-state index contributed by atoms with van der Waals surface area (Å²) in [6.07, 6.45) is 3.01. The van der Waals surface area contributed by atoms with Crippen molar-refractivity contribution >= 4 is 57.8 Å². The maximum absolute atomic E-state index is 6.00. The average Bonchev–Trinajstić information content (AvgIpc) is 2.42. The van der Waals surface area contributed by atoms with Gasteiger partial charge in [-0.3, -0.25) is 0 Å². The maximum atomic E-state index is 6.00. The van der Waals surface area contributed by atoms with Crippen LogP contribution in [0.4, 0.5) is 0 Å². The first-order valence-corrected chi connectivity index (χ1v) is 5.05. The second-order valence-electron chi connectivity index (χ2n) is 3.43. The molecule has 4 heteroatoms. The van der Waals surface area contributed by atoms with E-state index in [0.29, 0.717) is 0 Å². The van der Waals surface area contributed by atoms with Gasteiger partial charge in [-0.15, -0.1) is 0 Å². The minimum absolute atomic E-state index is 0.748. The molecule has 0 amide bonds. The van der Waals surface area contributed by atoms with Gasteiger partial charge in [0.1, 0.15) is 0 Å². The van der Waals surface area contributed by atoms with Gasteiger partial charge in [0.25, 0.3) is 0 Å². The van der Waals surface area contributed by atoms with Crippen molar-refractivity contribution in [2.75, 3.05) is 0 Å². The Morgan fingerprint density at radius 3 is 2.67 bits per heavy atom. The van der Waals surface area contributed by atoms with Crippen LogP contribution in [0.25, 0.3) is 12.7 Å². The summed E-state index contributed by atoms with van der Waals surface area (Å²) >= 11 is 0. The fourth-order valence-corrected chi connectivity index (χ4v) is 1.53. The molecule has 0 aromatic carbocycles. The monoisotopic (exact) mass is 193 g/mol. The molecule has 0 fully saturated rings. The number of nitrogens with zero attached hydrogens (tertiary/aromatic N) is 1. The molecule has 0 aliphatic heterocycles. The molecule has 0 saturated heterocycles. The molecule has 0 unspecified atom stereocenters. The Labute approximate surface area is 93.7 Å². The Kier molecular flexibility index (Phi) is 4.13. The zero-order valence-corrected chi connectivity index (χ0v) is 9.46. The molecule has 0 saturated carbocycles. The first-order valence-electron chi connectivity index (χ1n) is 5.05. The molecule has 0 atom stereocenters. The third kappa shape index (κ3) is 2.31. The van der Waals surface area contributed by atoms with Crippen molar-refractivity contribution in [1.29, 1.82) is 0 Å². The molecule has 1 heterocycles. The molecular formula is C11H14B3N. The molecule has 0 bridgehead atoms. The fraction of sp³-hybridized carbons (Fsp3) is 0.273. The summed E-state index contributed by atoms with van der Waals surface area (Å²) in [4.78, 5) is 0. The SMILES string of the molecule is [B]c1c(B=C)n(C)c(=C)c1=CC=BCC. The first-order chi connectivity index (χ1) is 7.13. The first kappa shape index (κ1) is 12.0. The van der Waals surface area contributed by atoms with Crippen molar-refractivity contribution < 1.29 is 0 Å². The van der Waals surface area contributed by atoms with E-state index in [1.165, 1.54) is 0 Å². The number of rotatable bonds is 3. The van der Waals surface area contributed by atoms with Crippen LogP contribution in [0.1, 0.15) is 6.92 Å². The molecule has 0 spiro atoms. The minimum atomic E-state index is 0.748.